The maximum atomic E-state index is 9.91. The van der Waals surface area contributed by atoms with E-state index in [-0.39, 0.29) is 11.5 Å². The predicted molar refractivity (Wildman–Crippen MR) is 60.0 cm³/mol. The van der Waals surface area contributed by atoms with Gasteiger partial charge in [-0.1, -0.05) is 26.8 Å². The highest BCUT2D eigenvalue weighted by Crippen LogP contribution is 2.22. The molecule has 3 nitrogen and oxygen atoms in total. The van der Waals surface area contributed by atoms with Gasteiger partial charge in [-0.05, 0) is 11.0 Å². The van der Waals surface area contributed by atoms with Crippen LogP contribution in [0.3, 0.4) is 0 Å². The lowest BCUT2D eigenvalue weighted by molar-refractivity contribution is 0.0635. The first-order valence-electron chi connectivity index (χ1n) is 5.10. The van der Waals surface area contributed by atoms with Gasteiger partial charge >= 0.3 is 0 Å². The number of nitrogens with zero attached hydrogens (tertiary/aromatic N) is 1. The summed E-state index contributed by atoms with van der Waals surface area (Å²) in [6, 6.07) is 3.74. The van der Waals surface area contributed by atoms with Gasteiger partial charge in [-0.2, -0.15) is 0 Å². The normalized spacial score (nSPS) is 13.7. The Balaban J connectivity index is 2.65. The van der Waals surface area contributed by atoms with Crippen molar-refractivity contribution in [2.75, 3.05) is 7.11 Å². The first-order chi connectivity index (χ1) is 6.93. The minimum absolute atomic E-state index is 0.0973. The molecule has 1 unspecified atom stereocenters. The van der Waals surface area contributed by atoms with Crippen LogP contribution in [0.1, 0.15) is 26.3 Å². The zero-order chi connectivity index (χ0) is 11.5. The average Bonchev–Trinajstić information content (AvgIpc) is 2.17. The Morgan fingerprint density at radius 1 is 1.40 bits per heavy atom. The van der Waals surface area contributed by atoms with E-state index in [1.165, 1.54) is 0 Å². The van der Waals surface area contributed by atoms with Crippen LogP contribution >= 0.6 is 0 Å². The zero-order valence-corrected chi connectivity index (χ0v) is 9.82. The van der Waals surface area contributed by atoms with Gasteiger partial charge in [0, 0.05) is 18.7 Å². The molecule has 0 aromatic carbocycles. The van der Waals surface area contributed by atoms with Gasteiger partial charge in [0.05, 0.1) is 13.2 Å². The van der Waals surface area contributed by atoms with Crippen LogP contribution < -0.4 is 4.74 Å². The third-order valence-corrected chi connectivity index (χ3v) is 2.44. The van der Waals surface area contributed by atoms with E-state index in [0.29, 0.717) is 12.3 Å². The van der Waals surface area contributed by atoms with Gasteiger partial charge in [0.25, 0.3) is 0 Å². The van der Waals surface area contributed by atoms with E-state index in [9.17, 15) is 5.11 Å². The molecule has 0 fully saturated rings. The van der Waals surface area contributed by atoms with E-state index in [2.05, 4.69) is 4.98 Å². The van der Waals surface area contributed by atoms with E-state index >= 15 is 0 Å². The molecular weight excluding hydrogens is 190 g/mol. The Labute approximate surface area is 91.1 Å². The fourth-order valence-electron chi connectivity index (χ4n) is 1.18. The van der Waals surface area contributed by atoms with Crippen molar-refractivity contribution in [3.05, 3.63) is 23.9 Å². The quantitative estimate of drug-likeness (QED) is 0.828. The molecule has 1 aromatic heterocycles. The Morgan fingerprint density at radius 3 is 2.47 bits per heavy atom. The second-order valence-electron chi connectivity index (χ2n) is 4.79. The van der Waals surface area contributed by atoms with Crippen molar-refractivity contribution in [1.82, 2.24) is 4.98 Å². The first-order valence-corrected chi connectivity index (χ1v) is 5.10. The number of aliphatic hydroxyl groups excluding tert-OH is 1. The maximum Gasteiger partial charge on any atom is 0.212 e. The van der Waals surface area contributed by atoms with Gasteiger partial charge in [-0.15, -0.1) is 0 Å². The van der Waals surface area contributed by atoms with Crippen LogP contribution in [0.15, 0.2) is 18.3 Å². The van der Waals surface area contributed by atoms with Crippen LogP contribution in [0, 0.1) is 5.41 Å². The molecule has 3 heteroatoms. The van der Waals surface area contributed by atoms with Crippen molar-refractivity contribution in [2.45, 2.75) is 33.3 Å². The fourth-order valence-corrected chi connectivity index (χ4v) is 1.18. The van der Waals surface area contributed by atoms with Gasteiger partial charge in [-0.25, -0.2) is 4.98 Å². The van der Waals surface area contributed by atoms with Crippen LogP contribution in [-0.2, 0) is 6.42 Å². The summed E-state index contributed by atoms with van der Waals surface area (Å²) in [5, 5.41) is 9.91. The van der Waals surface area contributed by atoms with Crippen molar-refractivity contribution < 1.29 is 9.84 Å². The van der Waals surface area contributed by atoms with Gasteiger partial charge in [0.2, 0.25) is 5.88 Å². The Hall–Kier alpha value is -1.09. The number of hydrogen-bond donors (Lipinski definition) is 1. The lowest BCUT2D eigenvalue weighted by Crippen LogP contribution is -2.28. The molecule has 0 aliphatic heterocycles. The van der Waals surface area contributed by atoms with Crippen LogP contribution in [0.5, 0.6) is 5.88 Å². The third kappa shape index (κ3) is 3.51. The summed E-state index contributed by atoms with van der Waals surface area (Å²) in [4.78, 5) is 4.10. The van der Waals surface area contributed by atoms with E-state index in [0.717, 1.165) is 5.56 Å². The maximum absolute atomic E-state index is 9.91. The topological polar surface area (TPSA) is 42.4 Å². The summed E-state index contributed by atoms with van der Waals surface area (Å²) >= 11 is 0. The minimum atomic E-state index is -0.354. The van der Waals surface area contributed by atoms with Crippen molar-refractivity contribution in [2.24, 2.45) is 5.41 Å². The molecule has 0 aliphatic carbocycles. The van der Waals surface area contributed by atoms with Crippen LogP contribution in [0.2, 0.25) is 0 Å². The van der Waals surface area contributed by atoms with E-state index < -0.39 is 0 Å². The summed E-state index contributed by atoms with van der Waals surface area (Å²) in [5.74, 6) is 0.601. The highest BCUT2D eigenvalue weighted by atomic mass is 16.5. The second-order valence-corrected chi connectivity index (χ2v) is 4.79. The van der Waals surface area contributed by atoms with Gasteiger partial charge in [0.15, 0.2) is 0 Å². The molecule has 15 heavy (non-hydrogen) atoms. The molecule has 1 rings (SSSR count). The molecule has 1 N–H and O–H groups in total. The summed E-state index contributed by atoms with van der Waals surface area (Å²) in [5.41, 5.74) is 0.929. The second kappa shape index (κ2) is 4.62. The molecule has 0 saturated carbocycles. The Bertz CT molecular complexity index is 300. The molecule has 1 heterocycles. The Morgan fingerprint density at radius 2 is 2.07 bits per heavy atom. The molecule has 0 spiro atoms. The van der Waals surface area contributed by atoms with Crippen molar-refractivity contribution >= 4 is 0 Å². The molecule has 0 bridgehead atoms. The molecule has 0 aliphatic rings. The number of aromatic nitrogens is 1. The number of hydrogen-bond acceptors (Lipinski definition) is 3. The number of rotatable bonds is 3. The fraction of sp³-hybridized carbons (Fsp3) is 0.583. The van der Waals surface area contributed by atoms with Gasteiger partial charge in [0.1, 0.15) is 0 Å². The highest BCUT2D eigenvalue weighted by Gasteiger charge is 2.22. The number of aliphatic hydroxyl groups is 1. The minimum Gasteiger partial charge on any atom is -0.481 e. The molecule has 0 amide bonds. The zero-order valence-electron chi connectivity index (χ0n) is 9.82. The van der Waals surface area contributed by atoms with Crippen molar-refractivity contribution in [3.63, 3.8) is 0 Å². The van der Waals surface area contributed by atoms with Crippen LogP contribution in [0.25, 0.3) is 0 Å². The summed E-state index contributed by atoms with van der Waals surface area (Å²) in [6.45, 7) is 6.07. The van der Waals surface area contributed by atoms with Crippen LogP contribution in [-0.4, -0.2) is 23.3 Å². The molecule has 1 atom stereocenters. The van der Waals surface area contributed by atoms with Crippen molar-refractivity contribution in [3.8, 4) is 5.88 Å². The molecule has 1 aromatic rings. The molecule has 0 radical (unpaired) electrons. The average molecular weight is 209 g/mol. The number of pyridine rings is 1. The number of ether oxygens (including phenoxy) is 1. The molecular formula is C12H19NO2. The van der Waals surface area contributed by atoms with Gasteiger partial charge < -0.3 is 9.84 Å². The van der Waals surface area contributed by atoms with Crippen molar-refractivity contribution in [1.29, 1.82) is 0 Å². The number of methoxy groups -OCH3 is 1. The summed E-state index contributed by atoms with van der Waals surface area (Å²) < 4.78 is 4.97. The largest absolute Gasteiger partial charge is 0.481 e. The lowest BCUT2D eigenvalue weighted by atomic mass is 9.86. The summed E-state index contributed by atoms with van der Waals surface area (Å²) in [6.07, 6.45) is 2.02. The van der Waals surface area contributed by atoms with E-state index in [1.54, 1.807) is 13.3 Å². The van der Waals surface area contributed by atoms with Crippen LogP contribution in [0.4, 0.5) is 0 Å². The van der Waals surface area contributed by atoms with E-state index in [1.807, 2.05) is 32.9 Å². The SMILES string of the molecule is COc1ccc(CC(O)C(C)(C)C)cn1. The third-order valence-electron chi connectivity index (χ3n) is 2.44. The van der Waals surface area contributed by atoms with Gasteiger partial charge in [-0.3, -0.25) is 0 Å². The monoisotopic (exact) mass is 209 g/mol. The standard InChI is InChI=1S/C12H19NO2/c1-12(2,3)10(14)7-9-5-6-11(15-4)13-8-9/h5-6,8,10,14H,7H2,1-4H3. The summed E-state index contributed by atoms with van der Waals surface area (Å²) in [7, 11) is 1.59. The first kappa shape index (κ1) is 12.0. The molecule has 84 valence electrons. The highest BCUT2D eigenvalue weighted by molar-refractivity contribution is 5.18. The molecule has 0 saturated heterocycles. The smallest absolute Gasteiger partial charge is 0.212 e. The van der Waals surface area contributed by atoms with E-state index in [4.69, 9.17) is 4.74 Å². The lowest BCUT2D eigenvalue weighted by Gasteiger charge is -2.25. The Kier molecular flexibility index (Phi) is 3.69. The predicted octanol–water partition coefficient (Wildman–Crippen LogP) is 2.04.